The summed E-state index contributed by atoms with van der Waals surface area (Å²) >= 11 is 0. The van der Waals surface area contributed by atoms with Crippen LogP contribution in [0.2, 0.25) is 0 Å². The molecule has 0 fully saturated rings. The Labute approximate surface area is 146 Å². The largest absolute Gasteiger partial charge is 0.456 e. The lowest BCUT2D eigenvalue weighted by Crippen LogP contribution is -2.17. The van der Waals surface area contributed by atoms with E-state index in [0.717, 1.165) is 28.0 Å². The number of hydrogen-bond donors (Lipinski definition) is 0. The van der Waals surface area contributed by atoms with Crippen molar-refractivity contribution >= 4 is 0 Å². The van der Waals surface area contributed by atoms with Gasteiger partial charge in [0.25, 0.3) is 0 Å². The molecule has 0 amide bonds. The van der Waals surface area contributed by atoms with Crippen LogP contribution in [0.3, 0.4) is 0 Å². The molecule has 24 heavy (non-hydrogen) atoms. The van der Waals surface area contributed by atoms with E-state index in [1.807, 2.05) is 44.2 Å². The number of rotatable bonds is 2. The van der Waals surface area contributed by atoms with Crippen LogP contribution < -0.4 is 4.74 Å². The van der Waals surface area contributed by atoms with Crippen LogP contribution in [0.5, 0.6) is 17.2 Å². The number of para-hydroxylation sites is 1. The third kappa shape index (κ3) is 3.58. The molecule has 0 aliphatic rings. The molecule has 0 aliphatic carbocycles. The summed E-state index contributed by atoms with van der Waals surface area (Å²) in [6, 6.07) is 9.94. The van der Waals surface area contributed by atoms with Gasteiger partial charge in [-0.15, -0.1) is 0 Å². The molecule has 0 spiro atoms. The van der Waals surface area contributed by atoms with Crippen molar-refractivity contribution in [1.29, 1.82) is 0 Å². The van der Waals surface area contributed by atoms with Crippen molar-refractivity contribution < 1.29 is 9.84 Å². The van der Waals surface area contributed by atoms with Crippen molar-refractivity contribution in [2.75, 3.05) is 0 Å². The first-order chi connectivity index (χ1) is 10.9. The molecule has 0 unspecified atom stereocenters. The van der Waals surface area contributed by atoms with E-state index in [1.165, 1.54) is 0 Å². The van der Waals surface area contributed by atoms with Gasteiger partial charge in [0, 0.05) is 11.1 Å². The van der Waals surface area contributed by atoms with Gasteiger partial charge in [0.15, 0.2) is 5.75 Å². The van der Waals surface area contributed by atoms with Gasteiger partial charge in [-0.1, -0.05) is 65.8 Å². The molecule has 2 heteroatoms. The molecule has 0 heterocycles. The molecule has 0 aliphatic heterocycles. The van der Waals surface area contributed by atoms with Crippen molar-refractivity contribution in [2.45, 2.75) is 66.2 Å². The van der Waals surface area contributed by atoms with E-state index in [0.29, 0.717) is 5.75 Å². The van der Waals surface area contributed by atoms with Crippen molar-refractivity contribution in [3.63, 3.8) is 0 Å². The Morgan fingerprint density at radius 1 is 0.792 bits per heavy atom. The highest BCUT2D eigenvalue weighted by Gasteiger charge is 2.30. The fourth-order valence-corrected chi connectivity index (χ4v) is 3.02. The first-order valence-electron chi connectivity index (χ1n) is 8.52. The van der Waals surface area contributed by atoms with Gasteiger partial charge in [0.1, 0.15) is 11.5 Å². The van der Waals surface area contributed by atoms with Crippen molar-refractivity contribution in [3.8, 4) is 17.2 Å². The number of ether oxygens (including phenoxy) is 1. The molecule has 129 valence electrons. The maximum Gasteiger partial charge on any atom is 0.189 e. The fourth-order valence-electron chi connectivity index (χ4n) is 3.02. The normalized spacial score (nSPS) is 12.3. The summed E-state index contributed by atoms with van der Waals surface area (Å²) in [5.41, 5.74) is 3.25. The summed E-state index contributed by atoms with van der Waals surface area (Å²) in [7, 11) is 0. The zero-order valence-electron chi connectivity index (χ0n) is 16.2. The fraction of sp³-hybridized carbons (Fsp3) is 0.455. The third-order valence-corrected chi connectivity index (χ3v) is 4.30. The topological polar surface area (TPSA) is 29.1 Å². The van der Waals surface area contributed by atoms with E-state index in [-0.39, 0.29) is 16.6 Å². The highest BCUT2D eigenvalue weighted by Crippen LogP contribution is 2.46. The molecule has 1 radical (unpaired) electrons. The van der Waals surface area contributed by atoms with Crippen molar-refractivity contribution in [3.05, 3.63) is 52.6 Å². The molecule has 0 aromatic heterocycles. The molecule has 2 rings (SSSR count). The molecule has 0 atom stereocenters. The summed E-state index contributed by atoms with van der Waals surface area (Å²) in [4.78, 5) is 0. The summed E-state index contributed by atoms with van der Waals surface area (Å²) in [6.07, 6.45) is 0. The van der Waals surface area contributed by atoms with Crippen LogP contribution in [-0.4, -0.2) is 0 Å². The van der Waals surface area contributed by atoms with Gasteiger partial charge in [0.05, 0.1) is 0 Å². The highest BCUT2D eigenvalue weighted by atomic mass is 16.5. The molecule has 0 N–H and O–H groups in total. The monoisotopic (exact) mass is 325 g/mol. The van der Waals surface area contributed by atoms with Gasteiger partial charge >= 0.3 is 0 Å². The SMILES string of the molecule is Cc1cccc(C)c1Oc1ccc(C(C)(C)C)c([O])c1C(C)(C)C. The van der Waals surface area contributed by atoms with Gasteiger partial charge in [0.2, 0.25) is 0 Å². The second kappa shape index (κ2) is 6.16. The van der Waals surface area contributed by atoms with Gasteiger partial charge in [-0.3, -0.25) is 5.11 Å². The first kappa shape index (κ1) is 18.4. The van der Waals surface area contributed by atoms with Crippen LogP contribution in [0.1, 0.15) is 63.8 Å². The van der Waals surface area contributed by atoms with Crippen LogP contribution in [-0.2, 0) is 15.9 Å². The molecule has 2 aromatic carbocycles. The molecule has 0 saturated heterocycles. The quantitative estimate of drug-likeness (QED) is 0.594. The van der Waals surface area contributed by atoms with Crippen LogP contribution in [0, 0.1) is 13.8 Å². The zero-order valence-corrected chi connectivity index (χ0v) is 16.2. The Morgan fingerprint density at radius 2 is 1.33 bits per heavy atom. The molecular weight excluding hydrogens is 296 g/mol. The number of aryl methyl sites for hydroxylation is 2. The molecule has 0 bridgehead atoms. The van der Waals surface area contributed by atoms with Gasteiger partial charge in [-0.25, -0.2) is 0 Å². The summed E-state index contributed by atoms with van der Waals surface area (Å²) in [5, 5.41) is 13.2. The molecule has 2 nitrogen and oxygen atoms in total. The summed E-state index contributed by atoms with van der Waals surface area (Å²) in [6.45, 7) is 16.5. The maximum atomic E-state index is 13.2. The lowest BCUT2D eigenvalue weighted by molar-refractivity contribution is 0.321. The lowest BCUT2D eigenvalue weighted by Gasteiger charge is -2.28. The minimum Gasteiger partial charge on any atom is -0.456 e. The van der Waals surface area contributed by atoms with E-state index in [4.69, 9.17) is 4.74 Å². The molecular formula is C22H29O2. The minimum absolute atomic E-state index is 0.0961. The third-order valence-electron chi connectivity index (χ3n) is 4.30. The minimum atomic E-state index is -0.287. The molecule has 0 saturated carbocycles. The highest BCUT2D eigenvalue weighted by molar-refractivity contribution is 5.56. The second-order valence-electron chi connectivity index (χ2n) is 8.64. The number of hydrogen-bond acceptors (Lipinski definition) is 1. The predicted octanol–water partition coefficient (Wildman–Crippen LogP) is 6.83. The van der Waals surface area contributed by atoms with Gasteiger partial charge < -0.3 is 4.74 Å². The Balaban J connectivity index is 2.65. The average Bonchev–Trinajstić information content (AvgIpc) is 2.40. The average molecular weight is 325 g/mol. The Kier molecular flexibility index (Phi) is 4.72. The Hall–Kier alpha value is -1.96. The Bertz CT molecular complexity index is 724. The summed E-state index contributed by atoms with van der Waals surface area (Å²) in [5.74, 6) is 1.60. The number of benzene rings is 2. The second-order valence-corrected chi connectivity index (χ2v) is 8.64. The van der Waals surface area contributed by atoms with Crippen molar-refractivity contribution in [1.82, 2.24) is 0 Å². The van der Waals surface area contributed by atoms with E-state index < -0.39 is 0 Å². The van der Waals surface area contributed by atoms with Crippen LogP contribution in [0.4, 0.5) is 0 Å². The lowest BCUT2D eigenvalue weighted by atomic mass is 9.79. The van der Waals surface area contributed by atoms with E-state index >= 15 is 0 Å². The maximum absolute atomic E-state index is 13.2. The summed E-state index contributed by atoms with van der Waals surface area (Å²) < 4.78 is 6.25. The van der Waals surface area contributed by atoms with E-state index in [2.05, 4.69) is 41.5 Å². The first-order valence-corrected chi connectivity index (χ1v) is 8.52. The molecule has 2 aromatic rings. The van der Waals surface area contributed by atoms with Gasteiger partial charge in [-0.2, -0.15) is 0 Å². The van der Waals surface area contributed by atoms with Crippen LogP contribution in [0.15, 0.2) is 30.3 Å². The smallest absolute Gasteiger partial charge is 0.189 e. The van der Waals surface area contributed by atoms with E-state index in [9.17, 15) is 5.11 Å². The van der Waals surface area contributed by atoms with E-state index in [1.54, 1.807) is 0 Å². The van der Waals surface area contributed by atoms with Crippen molar-refractivity contribution in [2.24, 2.45) is 0 Å². The van der Waals surface area contributed by atoms with Crippen LogP contribution >= 0.6 is 0 Å². The zero-order chi connectivity index (χ0) is 18.3. The van der Waals surface area contributed by atoms with Gasteiger partial charge in [-0.05, 0) is 41.9 Å². The standard InChI is InChI=1S/C22H29O2/c1-14-10-9-11-15(2)20(14)24-17-13-12-16(21(3,4)5)19(23)18(17)22(6,7)8/h9-13H,1-8H3. The predicted molar refractivity (Wildman–Crippen MR) is 100.0 cm³/mol. The Morgan fingerprint density at radius 3 is 1.79 bits per heavy atom. The van der Waals surface area contributed by atoms with Crippen LogP contribution in [0.25, 0.3) is 0 Å².